The average molecular weight is 353 g/mol. The monoisotopic (exact) mass is 352 g/mol. The normalized spacial score (nSPS) is 10.6. The van der Waals surface area contributed by atoms with Crippen molar-refractivity contribution in [1.29, 1.82) is 0 Å². The molecule has 2 heteroatoms. The number of nitrogens with one attached hydrogen (secondary N) is 2. The highest BCUT2D eigenvalue weighted by molar-refractivity contribution is 5.42. The van der Waals surface area contributed by atoms with E-state index in [1.807, 2.05) is 0 Å². The fourth-order valence-electron chi connectivity index (χ4n) is 3.24. The molecule has 0 saturated heterocycles. The summed E-state index contributed by atoms with van der Waals surface area (Å²) in [6.45, 7) is 2.20. The highest BCUT2D eigenvalue weighted by Crippen LogP contribution is 2.12. The van der Waals surface area contributed by atoms with Gasteiger partial charge >= 0.3 is 0 Å². The number of benzene rings is 2. The molecule has 0 spiro atoms. The van der Waals surface area contributed by atoms with Crippen LogP contribution >= 0.6 is 0 Å². The van der Waals surface area contributed by atoms with E-state index in [4.69, 9.17) is 0 Å². The molecule has 0 fully saturated rings. The summed E-state index contributed by atoms with van der Waals surface area (Å²) in [5.74, 6) is 0. The van der Waals surface area contributed by atoms with Gasteiger partial charge in [-0.3, -0.25) is 0 Å². The van der Waals surface area contributed by atoms with Gasteiger partial charge in [-0.25, -0.2) is 0 Å². The number of hydrogen-bond acceptors (Lipinski definition) is 2. The van der Waals surface area contributed by atoms with Crippen molar-refractivity contribution in [3.8, 4) is 0 Å². The average Bonchev–Trinajstić information content (AvgIpc) is 2.70. The van der Waals surface area contributed by atoms with Crippen LogP contribution in [-0.4, -0.2) is 13.1 Å². The first-order chi connectivity index (χ1) is 12.9. The zero-order valence-electron chi connectivity index (χ0n) is 16.3. The van der Waals surface area contributed by atoms with E-state index in [2.05, 4.69) is 71.3 Å². The summed E-state index contributed by atoms with van der Waals surface area (Å²) in [5, 5.41) is 6.97. The molecule has 0 bridgehead atoms. The van der Waals surface area contributed by atoms with Crippen LogP contribution in [0.15, 0.2) is 60.7 Å². The summed E-state index contributed by atoms with van der Waals surface area (Å²) in [7, 11) is 0. The molecule has 2 N–H and O–H groups in total. The van der Waals surface area contributed by atoms with Gasteiger partial charge < -0.3 is 10.6 Å². The molecule has 2 rings (SSSR count). The van der Waals surface area contributed by atoms with E-state index in [9.17, 15) is 0 Å². The summed E-state index contributed by atoms with van der Waals surface area (Å²) in [5.41, 5.74) is 2.48. The summed E-state index contributed by atoms with van der Waals surface area (Å²) in [6, 6.07) is 21.0. The Balaban J connectivity index is 1.28. The predicted molar refractivity (Wildman–Crippen MR) is 116 cm³/mol. The minimum absolute atomic E-state index is 1.10. The van der Waals surface area contributed by atoms with Gasteiger partial charge in [-0.1, -0.05) is 87.8 Å². The lowest BCUT2D eigenvalue weighted by Crippen LogP contribution is -2.01. The van der Waals surface area contributed by atoms with E-state index >= 15 is 0 Å². The Bertz CT molecular complexity index is 487. The van der Waals surface area contributed by atoms with Crippen LogP contribution in [0, 0.1) is 0 Å². The minimum atomic E-state index is 1.10. The lowest BCUT2D eigenvalue weighted by molar-refractivity contribution is 0.557. The molecule has 0 saturated carbocycles. The molecule has 0 amide bonds. The van der Waals surface area contributed by atoms with Gasteiger partial charge in [0.1, 0.15) is 0 Å². The van der Waals surface area contributed by atoms with Crippen LogP contribution in [-0.2, 0) is 0 Å². The van der Waals surface area contributed by atoms with Gasteiger partial charge in [-0.2, -0.15) is 0 Å². The summed E-state index contributed by atoms with van der Waals surface area (Å²) < 4.78 is 0. The standard InChI is InChI=1S/C24H36N2/c1(3-5-7-15-21-25-23-17-11-9-12-18-23)2-4-6-8-16-22-26-24-19-13-10-14-20-24/h9-14,17-20,25-26H,1-8,15-16,21-22H2. The minimum Gasteiger partial charge on any atom is -0.385 e. The largest absolute Gasteiger partial charge is 0.385 e. The van der Waals surface area contributed by atoms with E-state index in [-0.39, 0.29) is 0 Å². The van der Waals surface area contributed by atoms with Crippen molar-refractivity contribution in [1.82, 2.24) is 0 Å². The molecular formula is C24H36N2. The first kappa shape index (κ1) is 20.4. The molecule has 0 aliphatic rings. The second-order valence-corrected chi connectivity index (χ2v) is 7.12. The van der Waals surface area contributed by atoms with E-state index < -0.39 is 0 Å². The van der Waals surface area contributed by atoms with Gasteiger partial charge in [0, 0.05) is 24.5 Å². The Kier molecular flexibility index (Phi) is 11.1. The number of unbranched alkanes of at least 4 members (excludes halogenated alkanes) is 9. The maximum atomic E-state index is 3.49. The van der Waals surface area contributed by atoms with Gasteiger partial charge in [0.25, 0.3) is 0 Å². The smallest absolute Gasteiger partial charge is 0.0340 e. The van der Waals surface area contributed by atoms with Gasteiger partial charge in [-0.15, -0.1) is 0 Å². The van der Waals surface area contributed by atoms with Crippen molar-refractivity contribution in [2.24, 2.45) is 0 Å². The SMILES string of the molecule is c1ccc(NCCCCCCCCCCCCNc2ccccc2)cc1. The summed E-state index contributed by atoms with van der Waals surface area (Å²) >= 11 is 0. The van der Waals surface area contributed by atoms with E-state index in [1.54, 1.807) is 0 Å². The van der Waals surface area contributed by atoms with Crippen LogP contribution in [0.2, 0.25) is 0 Å². The fraction of sp³-hybridized carbons (Fsp3) is 0.500. The van der Waals surface area contributed by atoms with E-state index in [0.717, 1.165) is 13.1 Å². The highest BCUT2D eigenvalue weighted by Gasteiger charge is 1.95. The molecule has 0 aliphatic heterocycles. The van der Waals surface area contributed by atoms with Crippen molar-refractivity contribution in [2.75, 3.05) is 23.7 Å². The van der Waals surface area contributed by atoms with Crippen molar-refractivity contribution >= 4 is 11.4 Å². The van der Waals surface area contributed by atoms with Crippen molar-refractivity contribution in [2.45, 2.75) is 64.2 Å². The fourth-order valence-corrected chi connectivity index (χ4v) is 3.24. The van der Waals surface area contributed by atoms with Crippen molar-refractivity contribution in [3.05, 3.63) is 60.7 Å². The van der Waals surface area contributed by atoms with Crippen molar-refractivity contribution < 1.29 is 0 Å². The lowest BCUT2D eigenvalue weighted by Gasteiger charge is -2.07. The Morgan fingerprint density at radius 3 is 1.04 bits per heavy atom. The molecule has 2 aromatic carbocycles. The van der Waals surface area contributed by atoms with Crippen LogP contribution in [0.4, 0.5) is 11.4 Å². The number of hydrogen-bond donors (Lipinski definition) is 2. The van der Waals surface area contributed by atoms with Gasteiger partial charge in [0.05, 0.1) is 0 Å². The number of anilines is 2. The molecule has 0 aliphatic carbocycles. The second-order valence-electron chi connectivity index (χ2n) is 7.12. The maximum absolute atomic E-state index is 3.49. The molecule has 0 aromatic heterocycles. The second kappa shape index (κ2) is 14.2. The first-order valence-corrected chi connectivity index (χ1v) is 10.5. The molecule has 142 valence electrons. The first-order valence-electron chi connectivity index (χ1n) is 10.5. The maximum Gasteiger partial charge on any atom is 0.0340 e. The zero-order valence-corrected chi connectivity index (χ0v) is 16.3. The van der Waals surface area contributed by atoms with Crippen LogP contribution < -0.4 is 10.6 Å². The molecule has 26 heavy (non-hydrogen) atoms. The van der Waals surface area contributed by atoms with Gasteiger partial charge in [0.2, 0.25) is 0 Å². The molecular weight excluding hydrogens is 316 g/mol. The van der Waals surface area contributed by atoms with E-state index in [1.165, 1.54) is 75.6 Å². The highest BCUT2D eigenvalue weighted by atomic mass is 14.9. The van der Waals surface area contributed by atoms with E-state index in [0.29, 0.717) is 0 Å². The van der Waals surface area contributed by atoms with Crippen LogP contribution in [0.1, 0.15) is 64.2 Å². The van der Waals surface area contributed by atoms with Crippen LogP contribution in [0.3, 0.4) is 0 Å². The number of para-hydroxylation sites is 2. The predicted octanol–water partition coefficient (Wildman–Crippen LogP) is 7.11. The zero-order chi connectivity index (χ0) is 18.1. The third kappa shape index (κ3) is 10.1. The van der Waals surface area contributed by atoms with Crippen LogP contribution in [0.5, 0.6) is 0 Å². The number of rotatable bonds is 15. The molecule has 0 unspecified atom stereocenters. The Morgan fingerprint density at radius 2 is 0.692 bits per heavy atom. The lowest BCUT2D eigenvalue weighted by atomic mass is 10.1. The topological polar surface area (TPSA) is 24.1 Å². The Hall–Kier alpha value is -1.96. The Morgan fingerprint density at radius 1 is 0.385 bits per heavy atom. The molecule has 0 heterocycles. The van der Waals surface area contributed by atoms with Gasteiger partial charge in [-0.05, 0) is 37.1 Å². The molecule has 2 aromatic rings. The van der Waals surface area contributed by atoms with Crippen molar-refractivity contribution in [3.63, 3.8) is 0 Å². The third-order valence-corrected chi connectivity index (χ3v) is 4.81. The molecule has 0 atom stereocenters. The summed E-state index contributed by atoms with van der Waals surface area (Å²) in [4.78, 5) is 0. The summed E-state index contributed by atoms with van der Waals surface area (Å²) in [6.07, 6.45) is 13.7. The van der Waals surface area contributed by atoms with Gasteiger partial charge in [0.15, 0.2) is 0 Å². The molecule has 2 nitrogen and oxygen atoms in total. The third-order valence-electron chi connectivity index (χ3n) is 4.81. The molecule has 0 radical (unpaired) electrons. The quantitative estimate of drug-likeness (QED) is 0.334. The Labute approximate surface area is 160 Å². The van der Waals surface area contributed by atoms with Crippen LogP contribution in [0.25, 0.3) is 0 Å².